The summed E-state index contributed by atoms with van der Waals surface area (Å²) in [6, 6.07) is 13.6. The maximum absolute atomic E-state index is 8.81. The van der Waals surface area contributed by atoms with Crippen LogP contribution in [-0.4, -0.2) is 31.4 Å². The lowest BCUT2D eigenvalue weighted by atomic mass is 9.79. The van der Waals surface area contributed by atoms with Crippen LogP contribution in [0.15, 0.2) is 40.9 Å². The first-order chi connectivity index (χ1) is 11.5. The fourth-order valence-electron chi connectivity index (χ4n) is 1.74. The van der Waals surface area contributed by atoms with Crippen LogP contribution in [0.25, 0.3) is 0 Å². The lowest BCUT2D eigenvalue weighted by Gasteiger charge is -2.04. The first kappa shape index (κ1) is 19.5. The van der Waals surface area contributed by atoms with Gasteiger partial charge in [-0.1, -0.05) is 22.0 Å². The molecule has 0 aliphatic carbocycles. The Kier molecular flexibility index (Phi) is 7.80. The van der Waals surface area contributed by atoms with Crippen molar-refractivity contribution >= 4 is 28.5 Å². The highest BCUT2D eigenvalue weighted by molar-refractivity contribution is 9.10. The van der Waals surface area contributed by atoms with Crippen molar-refractivity contribution in [3.8, 4) is 23.6 Å². The van der Waals surface area contributed by atoms with Gasteiger partial charge in [-0.05, 0) is 35.8 Å². The van der Waals surface area contributed by atoms with Crippen LogP contribution in [0.3, 0.4) is 0 Å². The molecule has 0 aliphatic heterocycles. The van der Waals surface area contributed by atoms with Gasteiger partial charge in [-0.15, -0.1) is 0 Å². The van der Waals surface area contributed by atoms with Gasteiger partial charge in [0.25, 0.3) is 0 Å². The van der Waals surface area contributed by atoms with E-state index in [2.05, 4.69) is 15.9 Å². The number of benzene rings is 2. The molecule has 0 amide bonds. The Balaban J connectivity index is 0.000000243. The number of ether oxygens (including phenoxy) is 2. The summed E-state index contributed by atoms with van der Waals surface area (Å²) in [5, 5.41) is 34.9. The minimum Gasteiger partial charge on any atom is -0.495 e. The van der Waals surface area contributed by atoms with Crippen molar-refractivity contribution in [1.29, 1.82) is 10.5 Å². The maximum atomic E-state index is 8.81. The molecule has 0 radical (unpaired) electrons. The summed E-state index contributed by atoms with van der Waals surface area (Å²) >= 11 is 3.26. The Hall–Kier alpha value is -2.52. The van der Waals surface area contributed by atoms with Crippen LogP contribution < -0.4 is 14.9 Å². The third kappa shape index (κ3) is 5.29. The lowest BCUT2D eigenvalue weighted by Crippen LogP contribution is -2.29. The van der Waals surface area contributed by atoms with Crippen molar-refractivity contribution in [3.05, 3.63) is 52.0 Å². The first-order valence-electron chi connectivity index (χ1n) is 6.64. The largest absolute Gasteiger partial charge is 0.495 e. The zero-order valence-corrected chi connectivity index (χ0v) is 14.6. The molecule has 2 aromatic rings. The molecule has 0 fully saturated rings. The summed E-state index contributed by atoms with van der Waals surface area (Å²) in [4.78, 5) is 0. The number of nitrogens with zero attached hydrogens (tertiary/aromatic N) is 2. The molecule has 0 unspecified atom stereocenters. The van der Waals surface area contributed by atoms with E-state index < -0.39 is 7.12 Å². The van der Waals surface area contributed by atoms with Gasteiger partial charge in [0.15, 0.2) is 0 Å². The number of hydrogen-bond acceptors (Lipinski definition) is 6. The summed E-state index contributed by atoms with van der Waals surface area (Å²) in [7, 11) is 1.44. The SMILES string of the molecule is COc1ccc(B(O)O)cc1C#N.COc1ccc(Br)cc1C#N. The fraction of sp³-hybridized carbons (Fsp3) is 0.125. The Morgan fingerprint density at radius 3 is 1.88 bits per heavy atom. The van der Waals surface area contributed by atoms with E-state index in [-0.39, 0.29) is 11.0 Å². The lowest BCUT2D eigenvalue weighted by molar-refractivity contribution is 0.413. The summed E-state index contributed by atoms with van der Waals surface area (Å²) in [5.74, 6) is 1.03. The number of hydrogen-bond donors (Lipinski definition) is 2. The zero-order valence-electron chi connectivity index (χ0n) is 13.0. The molecule has 8 heteroatoms. The molecule has 0 saturated heterocycles. The third-order valence-corrected chi connectivity index (χ3v) is 3.42. The van der Waals surface area contributed by atoms with E-state index in [0.717, 1.165) is 4.47 Å². The predicted octanol–water partition coefficient (Wildman–Crippen LogP) is 1.58. The van der Waals surface area contributed by atoms with Gasteiger partial charge in [0.1, 0.15) is 23.6 Å². The average molecular weight is 389 g/mol. The maximum Gasteiger partial charge on any atom is 0.488 e. The van der Waals surface area contributed by atoms with Gasteiger partial charge in [0.05, 0.1) is 25.3 Å². The van der Waals surface area contributed by atoms with Crippen molar-refractivity contribution < 1.29 is 19.5 Å². The molecule has 2 rings (SSSR count). The van der Waals surface area contributed by atoms with Crippen molar-refractivity contribution in [2.75, 3.05) is 14.2 Å². The Morgan fingerprint density at radius 1 is 0.917 bits per heavy atom. The van der Waals surface area contributed by atoms with Crippen molar-refractivity contribution in [2.24, 2.45) is 0 Å². The first-order valence-corrected chi connectivity index (χ1v) is 7.44. The molecule has 2 N–H and O–H groups in total. The normalized spacial score (nSPS) is 8.96. The van der Waals surface area contributed by atoms with Crippen LogP contribution in [0.2, 0.25) is 0 Å². The molecule has 6 nitrogen and oxygen atoms in total. The van der Waals surface area contributed by atoms with E-state index in [4.69, 9.17) is 30.0 Å². The summed E-state index contributed by atoms with van der Waals surface area (Å²) in [6.45, 7) is 0. The van der Waals surface area contributed by atoms with Gasteiger partial charge in [-0.25, -0.2) is 0 Å². The molecule has 0 spiro atoms. The molecule has 122 valence electrons. The van der Waals surface area contributed by atoms with E-state index in [1.54, 1.807) is 19.2 Å². The highest BCUT2D eigenvalue weighted by atomic mass is 79.9. The Labute approximate surface area is 148 Å². The molecule has 24 heavy (non-hydrogen) atoms. The monoisotopic (exact) mass is 388 g/mol. The minimum atomic E-state index is -1.56. The topological polar surface area (TPSA) is 106 Å². The highest BCUT2D eigenvalue weighted by Crippen LogP contribution is 2.21. The number of rotatable bonds is 3. The summed E-state index contributed by atoms with van der Waals surface area (Å²) in [6.07, 6.45) is 0. The summed E-state index contributed by atoms with van der Waals surface area (Å²) < 4.78 is 10.7. The van der Waals surface area contributed by atoms with Crippen molar-refractivity contribution in [2.45, 2.75) is 0 Å². The van der Waals surface area contributed by atoms with Gasteiger partial charge in [0.2, 0.25) is 0 Å². The van der Waals surface area contributed by atoms with Gasteiger partial charge in [-0.2, -0.15) is 10.5 Å². The molecule has 0 aliphatic rings. The molecular formula is C16H14BBrN2O4. The number of methoxy groups -OCH3 is 2. The zero-order chi connectivity index (χ0) is 18.1. The van der Waals surface area contributed by atoms with Crippen LogP contribution in [0, 0.1) is 22.7 Å². The van der Waals surface area contributed by atoms with Gasteiger partial charge in [-0.3, -0.25) is 0 Å². The fourth-order valence-corrected chi connectivity index (χ4v) is 2.10. The Morgan fingerprint density at radius 2 is 1.42 bits per heavy atom. The molecule has 0 heterocycles. The molecule has 0 aromatic heterocycles. The third-order valence-electron chi connectivity index (χ3n) is 2.92. The van der Waals surface area contributed by atoms with Crippen LogP contribution in [0.4, 0.5) is 0 Å². The van der Waals surface area contributed by atoms with Crippen molar-refractivity contribution in [3.63, 3.8) is 0 Å². The van der Waals surface area contributed by atoms with E-state index >= 15 is 0 Å². The van der Waals surface area contributed by atoms with Crippen LogP contribution >= 0.6 is 15.9 Å². The molecule has 0 bridgehead atoms. The smallest absolute Gasteiger partial charge is 0.488 e. The Bertz CT molecular complexity index is 785. The van der Waals surface area contributed by atoms with Crippen LogP contribution in [-0.2, 0) is 0 Å². The quantitative estimate of drug-likeness (QED) is 0.773. The summed E-state index contributed by atoms with van der Waals surface area (Å²) in [5.41, 5.74) is 1.10. The standard InChI is InChI=1S/C8H8BNO3.C8H6BrNO/c1-13-8-3-2-7(9(11)12)4-6(8)5-10;1-11-8-3-2-7(9)4-6(8)5-10/h2-4,11-12H,1H3;2-4H,1H3. The van der Waals surface area contributed by atoms with Gasteiger partial charge >= 0.3 is 7.12 Å². The van der Waals surface area contributed by atoms with E-state index in [1.807, 2.05) is 18.2 Å². The molecule has 2 aromatic carbocycles. The molecule has 0 atom stereocenters. The molecule has 0 saturated carbocycles. The number of halogens is 1. The van der Waals surface area contributed by atoms with Crippen LogP contribution in [0.1, 0.15) is 11.1 Å². The van der Waals surface area contributed by atoms with E-state index in [0.29, 0.717) is 17.1 Å². The minimum absolute atomic E-state index is 0.275. The van der Waals surface area contributed by atoms with Crippen molar-refractivity contribution in [1.82, 2.24) is 0 Å². The van der Waals surface area contributed by atoms with Crippen LogP contribution in [0.5, 0.6) is 11.5 Å². The number of nitriles is 2. The van der Waals surface area contributed by atoms with Gasteiger partial charge < -0.3 is 19.5 Å². The highest BCUT2D eigenvalue weighted by Gasteiger charge is 2.13. The van der Waals surface area contributed by atoms with E-state index in [1.165, 1.54) is 25.3 Å². The molecular weight excluding hydrogens is 375 g/mol. The van der Waals surface area contributed by atoms with Gasteiger partial charge in [0, 0.05) is 4.47 Å². The predicted molar refractivity (Wildman–Crippen MR) is 92.9 cm³/mol. The average Bonchev–Trinajstić information content (AvgIpc) is 2.61. The van der Waals surface area contributed by atoms with E-state index in [9.17, 15) is 0 Å². The second-order valence-electron chi connectivity index (χ2n) is 4.40. The second kappa shape index (κ2) is 9.59. The second-order valence-corrected chi connectivity index (χ2v) is 5.32.